The van der Waals surface area contributed by atoms with E-state index in [0.717, 1.165) is 25.9 Å². The summed E-state index contributed by atoms with van der Waals surface area (Å²) in [4.78, 5) is 8.98. The maximum Gasteiger partial charge on any atom is 0.120 e. The number of pyridine rings is 1. The number of ether oxygens (including phenoxy) is 1. The number of aromatic nitrogens is 2. The first-order chi connectivity index (χ1) is 8.78. The summed E-state index contributed by atoms with van der Waals surface area (Å²) < 4.78 is 7.63. The van der Waals surface area contributed by atoms with Crippen molar-refractivity contribution in [2.75, 3.05) is 6.61 Å². The zero-order valence-electron chi connectivity index (χ0n) is 9.81. The van der Waals surface area contributed by atoms with Crippen molar-refractivity contribution in [3.05, 3.63) is 33.9 Å². The molecule has 92 valence electrons. The topological polar surface area (TPSA) is 35.0 Å². The monoisotopic (exact) mass is 322 g/mol. The number of hydrogen-bond acceptors (Lipinski definition) is 4. The Labute approximate surface area is 117 Å². The van der Waals surface area contributed by atoms with Gasteiger partial charge >= 0.3 is 0 Å². The minimum Gasteiger partial charge on any atom is -0.375 e. The van der Waals surface area contributed by atoms with Crippen LogP contribution in [-0.4, -0.2) is 16.6 Å². The van der Waals surface area contributed by atoms with Crippen LogP contribution in [0.2, 0.25) is 0 Å². The van der Waals surface area contributed by atoms with Gasteiger partial charge in [-0.05, 0) is 19.1 Å². The van der Waals surface area contributed by atoms with E-state index in [4.69, 9.17) is 4.74 Å². The summed E-state index contributed by atoms with van der Waals surface area (Å²) in [6, 6.07) is 6.14. The summed E-state index contributed by atoms with van der Waals surface area (Å²) in [6.45, 7) is 3.28. The van der Waals surface area contributed by atoms with Crippen LogP contribution >= 0.6 is 27.3 Å². The molecule has 0 N–H and O–H groups in total. The lowest BCUT2D eigenvalue weighted by Crippen LogP contribution is -1.89. The lowest BCUT2D eigenvalue weighted by Gasteiger charge is -1.97. The fourth-order valence-corrected chi connectivity index (χ4v) is 3.20. The van der Waals surface area contributed by atoms with Gasteiger partial charge in [0.15, 0.2) is 0 Å². The first-order valence-electron chi connectivity index (χ1n) is 5.69. The van der Waals surface area contributed by atoms with Crippen LogP contribution in [-0.2, 0) is 11.3 Å². The van der Waals surface area contributed by atoms with Gasteiger partial charge in [-0.2, -0.15) is 0 Å². The number of nitrogens with zero attached hydrogens (tertiary/aromatic N) is 2. The van der Waals surface area contributed by atoms with E-state index in [9.17, 15) is 0 Å². The normalized spacial score (nSPS) is 11.4. The Morgan fingerprint density at radius 1 is 1.33 bits per heavy atom. The zero-order chi connectivity index (χ0) is 12.5. The maximum absolute atomic E-state index is 5.40. The van der Waals surface area contributed by atoms with Gasteiger partial charge in [0.05, 0.1) is 23.0 Å². The molecule has 1 aromatic carbocycles. The van der Waals surface area contributed by atoms with E-state index >= 15 is 0 Å². The van der Waals surface area contributed by atoms with Gasteiger partial charge in [0.25, 0.3) is 0 Å². The van der Waals surface area contributed by atoms with Crippen LogP contribution in [0.15, 0.2) is 28.9 Å². The van der Waals surface area contributed by atoms with E-state index < -0.39 is 0 Å². The summed E-state index contributed by atoms with van der Waals surface area (Å²) in [7, 11) is 0. The molecule has 3 rings (SSSR count). The van der Waals surface area contributed by atoms with Crippen molar-refractivity contribution in [3.63, 3.8) is 0 Å². The summed E-state index contributed by atoms with van der Waals surface area (Å²) in [5, 5.41) is 2.15. The highest BCUT2D eigenvalue weighted by Gasteiger charge is 2.08. The van der Waals surface area contributed by atoms with Crippen molar-refractivity contribution < 1.29 is 4.74 Å². The van der Waals surface area contributed by atoms with Gasteiger partial charge in [-0.3, -0.25) is 4.98 Å². The van der Waals surface area contributed by atoms with Gasteiger partial charge in [0.1, 0.15) is 10.5 Å². The van der Waals surface area contributed by atoms with Crippen LogP contribution in [0, 0.1) is 0 Å². The Hall–Kier alpha value is -1.04. The fourth-order valence-electron chi connectivity index (χ4n) is 1.84. The van der Waals surface area contributed by atoms with E-state index in [1.165, 1.54) is 4.70 Å². The van der Waals surface area contributed by atoms with Crippen molar-refractivity contribution in [2.45, 2.75) is 13.5 Å². The van der Waals surface area contributed by atoms with Gasteiger partial charge in [0, 0.05) is 16.5 Å². The molecule has 2 heterocycles. The van der Waals surface area contributed by atoms with Crippen LogP contribution in [0.1, 0.15) is 11.9 Å². The average Bonchev–Trinajstić information content (AvgIpc) is 2.79. The summed E-state index contributed by atoms with van der Waals surface area (Å²) in [6.07, 6.45) is 1.83. The highest BCUT2D eigenvalue weighted by atomic mass is 79.9. The third-order valence-corrected chi connectivity index (χ3v) is 4.23. The predicted octanol–water partition coefficient (Wildman–Crippen LogP) is 4.14. The van der Waals surface area contributed by atoms with Crippen molar-refractivity contribution in [2.24, 2.45) is 0 Å². The van der Waals surface area contributed by atoms with Crippen LogP contribution in [0.25, 0.3) is 21.1 Å². The molecule has 3 nitrogen and oxygen atoms in total. The number of halogens is 1. The Balaban J connectivity index is 2.17. The molecule has 0 aliphatic rings. The summed E-state index contributed by atoms with van der Waals surface area (Å²) in [5.74, 6) is 0. The first-order valence-corrected chi connectivity index (χ1v) is 7.30. The average molecular weight is 323 g/mol. The molecule has 0 bridgehead atoms. The molecule has 0 spiro atoms. The molecule has 5 heteroatoms. The molecule has 0 fully saturated rings. The molecule has 18 heavy (non-hydrogen) atoms. The SMILES string of the molecule is CCOCc1nc2cnc3cc(Br)ccc3c2s1. The highest BCUT2D eigenvalue weighted by molar-refractivity contribution is 9.10. The molecule has 0 aliphatic carbocycles. The van der Waals surface area contributed by atoms with E-state index in [-0.39, 0.29) is 0 Å². The van der Waals surface area contributed by atoms with Gasteiger partial charge < -0.3 is 4.74 Å². The lowest BCUT2D eigenvalue weighted by molar-refractivity contribution is 0.134. The van der Waals surface area contributed by atoms with Crippen LogP contribution in [0.4, 0.5) is 0 Å². The van der Waals surface area contributed by atoms with E-state index in [0.29, 0.717) is 13.2 Å². The molecule has 0 saturated carbocycles. The van der Waals surface area contributed by atoms with Crippen molar-refractivity contribution in [1.82, 2.24) is 9.97 Å². The molecular weight excluding hydrogens is 312 g/mol. The van der Waals surface area contributed by atoms with Crippen LogP contribution in [0.3, 0.4) is 0 Å². The first kappa shape index (κ1) is 12.0. The number of thiazole rings is 1. The van der Waals surface area contributed by atoms with Crippen LogP contribution < -0.4 is 0 Å². The zero-order valence-corrected chi connectivity index (χ0v) is 12.2. The molecule has 0 radical (unpaired) electrons. The quantitative estimate of drug-likeness (QED) is 0.726. The molecule has 0 amide bonds. The lowest BCUT2D eigenvalue weighted by atomic mass is 10.2. The Kier molecular flexibility index (Phi) is 3.28. The van der Waals surface area contributed by atoms with Crippen molar-refractivity contribution >= 4 is 48.4 Å². The molecule has 0 atom stereocenters. The van der Waals surface area contributed by atoms with Crippen LogP contribution in [0.5, 0.6) is 0 Å². The molecule has 0 unspecified atom stereocenters. The molecule has 3 aromatic rings. The molecule has 0 saturated heterocycles. The van der Waals surface area contributed by atoms with E-state index in [1.54, 1.807) is 11.3 Å². The minimum absolute atomic E-state index is 0.577. The molecule has 2 aromatic heterocycles. The summed E-state index contributed by atoms with van der Waals surface area (Å²) in [5.41, 5.74) is 1.94. The van der Waals surface area contributed by atoms with Gasteiger partial charge in [-0.15, -0.1) is 11.3 Å². The molecule has 0 aliphatic heterocycles. The van der Waals surface area contributed by atoms with Gasteiger partial charge in [0.2, 0.25) is 0 Å². The second kappa shape index (κ2) is 4.91. The largest absolute Gasteiger partial charge is 0.375 e. The highest BCUT2D eigenvalue weighted by Crippen LogP contribution is 2.30. The van der Waals surface area contributed by atoms with Crippen molar-refractivity contribution in [1.29, 1.82) is 0 Å². The summed E-state index contributed by atoms with van der Waals surface area (Å²) >= 11 is 5.14. The standard InChI is InChI=1S/C13H11BrN2OS/c1-2-17-7-12-16-11-6-15-10-5-8(14)3-4-9(10)13(11)18-12/h3-6H,2,7H2,1H3. The second-order valence-corrected chi connectivity index (χ2v) is 5.88. The minimum atomic E-state index is 0.577. The van der Waals surface area contributed by atoms with Crippen molar-refractivity contribution in [3.8, 4) is 0 Å². The fraction of sp³-hybridized carbons (Fsp3) is 0.231. The molecular formula is C13H11BrN2OS. The number of fused-ring (bicyclic) bond motifs is 3. The Morgan fingerprint density at radius 3 is 3.06 bits per heavy atom. The third-order valence-electron chi connectivity index (χ3n) is 2.66. The Morgan fingerprint density at radius 2 is 2.22 bits per heavy atom. The Bertz CT molecular complexity index is 711. The smallest absolute Gasteiger partial charge is 0.120 e. The number of hydrogen-bond donors (Lipinski definition) is 0. The number of rotatable bonds is 3. The predicted molar refractivity (Wildman–Crippen MR) is 78.0 cm³/mol. The maximum atomic E-state index is 5.40. The van der Waals surface area contributed by atoms with E-state index in [2.05, 4.69) is 32.0 Å². The third kappa shape index (κ3) is 2.13. The number of benzene rings is 1. The van der Waals surface area contributed by atoms with Gasteiger partial charge in [-0.25, -0.2) is 4.98 Å². The van der Waals surface area contributed by atoms with E-state index in [1.807, 2.05) is 25.3 Å². The second-order valence-electron chi connectivity index (χ2n) is 3.88. The van der Waals surface area contributed by atoms with Gasteiger partial charge in [-0.1, -0.05) is 22.0 Å².